The molecule has 0 spiro atoms. The second kappa shape index (κ2) is 3.99. The summed E-state index contributed by atoms with van der Waals surface area (Å²) in [7, 11) is 1.15. The van der Waals surface area contributed by atoms with Crippen LogP contribution in [0.4, 0.5) is 8.78 Å². The summed E-state index contributed by atoms with van der Waals surface area (Å²) in [4.78, 5) is 23.2. The largest absolute Gasteiger partial charge is 0.494 e. The van der Waals surface area contributed by atoms with Crippen molar-refractivity contribution in [3.63, 3.8) is 0 Å². The Kier molecular flexibility index (Phi) is 2.95. The van der Waals surface area contributed by atoms with E-state index in [1.807, 2.05) is 4.98 Å². The number of aldehydes is 1. The number of methoxy groups -OCH3 is 1. The Bertz CT molecular complexity index is 400. The second-order valence-electron chi connectivity index (χ2n) is 2.45. The van der Waals surface area contributed by atoms with E-state index in [9.17, 15) is 18.4 Å². The average Bonchev–Trinajstić information content (AvgIpc) is 2.16. The number of rotatable bonds is 3. The maximum atomic E-state index is 12.3. The topological polar surface area (TPSA) is 59.2 Å². The first-order valence-electron chi connectivity index (χ1n) is 3.64. The molecule has 6 heteroatoms. The summed E-state index contributed by atoms with van der Waals surface area (Å²) in [6.45, 7) is 0. The molecular formula is C8H7F2NO3. The number of pyridine rings is 1. The van der Waals surface area contributed by atoms with E-state index in [1.54, 1.807) is 0 Å². The Labute approximate surface area is 77.5 Å². The summed E-state index contributed by atoms with van der Waals surface area (Å²) in [5.41, 5.74) is -1.63. The number of halogens is 2. The lowest BCUT2D eigenvalue weighted by atomic mass is 10.2. The van der Waals surface area contributed by atoms with E-state index < -0.39 is 17.7 Å². The van der Waals surface area contributed by atoms with Crippen molar-refractivity contribution in [2.45, 2.75) is 6.43 Å². The van der Waals surface area contributed by atoms with Crippen molar-refractivity contribution in [1.82, 2.24) is 4.98 Å². The number of hydrogen-bond donors (Lipinski definition) is 1. The number of nitrogens with one attached hydrogen (secondary N) is 1. The van der Waals surface area contributed by atoms with Gasteiger partial charge in [0.1, 0.15) is 5.69 Å². The fraction of sp³-hybridized carbons (Fsp3) is 0.250. The molecule has 0 aromatic carbocycles. The summed E-state index contributed by atoms with van der Waals surface area (Å²) >= 11 is 0. The molecule has 0 bridgehead atoms. The summed E-state index contributed by atoms with van der Waals surface area (Å²) in [6, 6.07) is 0.901. The minimum Gasteiger partial charge on any atom is -0.494 e. The van der Waals surface area contributed by atoms with Gasteiger partial charge in [-0.3, -0.25) is 9.59 Å². The fourth-order valence-electron chi connectivity index (χ4n) is 1.06. The van der Waals surface area contributed by atoms with Crippen LogP contribution in [0.1, 0.15) is 22.5 Å². The second-order valence-corrected chi connectivity index (χ2v) is 2.45. The van der Waals surface area contributed by atoms with Crippen molar-refractivity contribution >= 4 is 6.29 Å². The summed E-state index contributed by atoms with van der Waals surface area (Å²) in [5.74, 6) is -0.297. The molecule has 0 radical (unpaired) electrons. The molecule has 1 aromatic heterocycles. The van der Waals surface area contributed by atoms with Crippen LogP contribution < -0.4 is 10.3 Å². The van der Waals surface area contributed by atoms with Crippen LogP contribution in [0.15, 0.2) is 10.9 Å². The molecule has 0 aliphatic heterocycles. The maximum Gasteiger partial charge on any atom is 0.282 e. The first kappa shape index (κ1) is 10.4. The monoisotopic (exact) mass is 203 g/mol. The van der Waals surface area contributed by atoms with E-state index >= 15 is 0 Å². The van der Waals surface area contributed by atoms with Crippen molar-refractivity contribution < 1.29 is 18.3 Å². The molecule has 0 atom stereocenters. The van der Waals surface area contributed by atoms with Gasteiger partial charge in [-0.05, 0) is 0 Å². The quantitative estimate of drug-likeness (QED) is 0.749. The smallest absolute Gasteiger partial charge is 0.282 e. The zero-order valence-electron chi connectivity index (χ0n) is 7.21. The normalized spacial score (nSPS) is 10.3. The van der Waals surface area contributed by atoms with Gasteiger partial charge in [0.15, 0.2) is 12.0 Å². The highest BCUT2D eigenvalue weighted by Gasteiger charge is 2.18. The molecule has 14 heavy (non-hydrogen) atoms. The predicted molar refractivity (Wildman–Crippen MR) is 44.0 cm³/mol. The van der Waals surface area contributed by atoms with Crippen LogP contribution in [0.5, 0.6) is 5.75 Å². The highest BCUT2D eigenvalue weighted by Crippen LogP contribution is 2.27. The molecule has 0 fully saturated rings. The molecule has 0 saturated carbocycles. The number of aromatic amines is 1. The lowest BCUT2D eigenvalue weighted by molar-refractivity contribution is 0.111. The summed E-state index contributed by atoms with van der Waals surface area (Å²) in [6.07, 6.45) is -2.60. The van der Waals surface area contributed by atoms with Crippen molar-refractivity contribution in [3.05, 3.63) is 27.7 Å². The third-order valence-electron chi connectivity index (χ3n) is 1.60. The molecule has 0 saturated heterocycles. The molecule has 1 aromatic rings. The highest BCUT2D eigenvalue weighted by atomic mass is 19.3. The minimum atomic E-state index is -2.89. The van der Waals surface area contributed by atoms with Gasteiger partial charge in [0, 0.05) is 6.07 Å². The molecular weight excluding hydrogens is 196 g/mol. The van der Waals surface area contributed by atoms with Crippen LogP contribution in [0, 0.1) is 0 Å². The Morgan fingerprint density at radius 3 is 2.64 bits per heavy atom. The maximum absolute atomic E-state index is 12.3. The predicted octanol–water partition coefficient (Wildman–Crippen LogP) is 1.13. The molecule has 0 aliphatic rings. The van der Waals surface area contributed by atoms with Crippen LogP contribution in [-0.2, 0) is 0 Å². The molecule has 76 valence electrons. The van der Waals surface area contributed by atoms with Gasteiger partial charge < -0.3 is 9.72 Å². The van der Waals surface area contributed by atoms with Crippen molar-refractivity contribution in [2.24, 2.45) is 0 Å². The molecule has 1 heterocycles. The van der Waals surface area contributed by atoms with Crippen LogP contribution in [0.25, 0.3) is 0 Å². The van der Waals surface area contributed by atoms with E-state index in [0.29, 0.717) is 6.29 Å². The van der Waals surface area contributed by atoms with Gasteiger partial charge >= 0.3 is 0 Å². The van der Waals surface area contributed by atoms with Crippen molar-refractivity contribution in [3.8, 4) is 5.75 Å². The standard InChI is InChI=1S/C8H7F2NO3/c1-14-7-4(3-12)2-5(13)11-6(7)8(9)10/h2-3,8H,1H3,(H,11,13). The number of ether oxygens (including phenoxy) is 1. The number of carbonyl (C=O) groups is 1. The third-order valence-corrected chi connectivity index (χ3v) is 1.60. The van der Waals surface area contributed by atoms with Gasteiger partial charge in [-0.2, -0.15) is 0 Å². The SMILES string of the molecule is COc1c(C=O)cc(=O)[nH]c1C(F)F. The molecule has 1 rings (SSSR count). The van der Waals surface area contributed by atoms with E-state index in [-0.39, 0.29) is 11.3 Å². The molecule has 0 aliphatic carbocycles. The zero-order valence-corrected chi connectivity index (χ0v) is 7.21. The van der Waals surface area contributed by atoms with Crippen molar-refractivity contribution in [1.29, 1.82) is 0 Å². The first-order valence-corrected chi connectivity index (χ1v) is 3.64. The number of aromatic nitrogens is 1. The molecule has 1 N–H and O–H groups in total. The summed E-state index contributed by atoms with van der Waals surface area (Å²) < 4.78 is 29.3. The molecule has 0 unspecified atom stereocenters. The lowest BCUT2D eigenvalue weighted by Crippen LogP contribution is -2.12. The fourth-order valence-corrected chi connectivity index (χ4v) is 1.06. The van der Waals surface area contributed by atoms with Gasteiger partial charge in [0.05, 0.1) is 12.7 Å². The number of alkyl halides is 2. The minimum absolute atomic E-state index is 0.188. The zero-order chi connectivity index (χ0) is 10.7. The van der Waals surface area contributed by atoms with Gasteiger partial charge in [-0.15, -0.1) is 0 Å². The van der Waals surface area contributed by atoms with Gasteiger partial charge in [-0.1, -0.05) is 0 Å². The van der Waals surface area contributed by atoms with Crippen molar-refractivity contribution in [2.75, 3.05) is 7.11 Å². The third kappa shape index (κ3) is 1.78. The summed E-state index contributed by atoms with van der Waals surface area (Å²) in [5, 5.41) is 0. The Morgan fingerprint density at radius 1 is 1.57 bits per heavy atom. The average molecular weight is 203 g/mol. The van der Waals surface area contributed by atoms with Gasteiger partial charge in [-0.25, -0.2) is 8.78 Å². The van der Waals surface area contributed by atoms with E-state index in [2.05, 4.69) is 4.74 Å². The van der Waals surface area contributed by atoms with Crippen LogP contribution in [0.3, 0.4) is 0 Å². The van der Waals surface area contributed by atoms with Crippen LogP contribution in [-0.4, -0.2) is 18.4 Å². The number of H-pyrrole nitrogens is 1. The van der Waals surface area contributed by atoms with Gasteiger partial charge in [0.2, 0.25) is 5.56 Å². The Morgan fingerprint density at radius 2 is 2.21 bits per heavy atom. The van der Waals surface area contributed by atoms with Gasteiger partial charge in [0.25, 0.3) is 6.43 Å². The molecule has 4 nitrogen and oxygen atoms in total. The number of hydrogen-bond acceptors (Lipinski definition) is 3. The highest BCUT2D eigenvalue weighted by molar-refractivity contribution is 5.79. The lowest BCUT2D eigenvalue weighted by Gasteiger charge is -2.08. The first-order chi connectivity index (χ1) is 6.60. The molecule has 0 amide bonds. The van der Waals surface area contributed by atoms with Crippen LogP contribution in [0.2, 0.25) is 0 Å². The number of carbonyl (C=O) groups excluding carboxylic acids is 1. The van der Waals surface area contributed by atoms with E-state index in [1.165, 1.54) is 0 Å². The van der Waals surface area contributed by atoms with Crippen LogP contribution >= 0.6 is 0 Å². The van der Waals surface area contributed by atoms with E-state index in [0.717, 1.165) is 13.2 Å². The Balaban J connectivity index is 3.47. The van der Waals surface area contributed by atoms with E-state index in [4.69, 9.17) is 0 Å². The Hall–Kier alpha value is -1.72.